The number of rotatable bonds is 4. The Morgan fingerprint density at radius 1 is 1.44 bits per heavy atom. The first-order valence-corrected chi connectivity index (χ1v) is 8.39. The number of carbonyl (C=O) groups is 1. The average molecular weight is 347 g/mol. The lowest BCUT2D eigenvalue weighted by molar-refractivity contribution is 0.00763. The summed E-state index contributed by atoms with van der Waals surface area (Å²) in [6, 6.07) is 1.94. The number of nitrogens with one attached hydrogen (secondary N) is 1. The van der Waals surface area contributed by atoms with Gasteiger partial charge in [0.2, 0.25) is 0 Å². The Balaban J connectivity index is 1.50. The maximum atomic E-state index is 12.0. The summed E-state index contributed by atoms with van der Waals surface area (Å²) >= 11 is 0. The minimum absolute atomic E-state index is 0.199. The van der Waals surface area contributed by atoms with E-state index in [1.807, 2.05) is 45.5 Å². The molecule has 0 unspecified atom stereocenters. The van der Waals surface area contributed by atoms with E-state index in [0.717, 1.165) is 22.8 Å². The summed E-state index contributed by atoms with van der Waals surface area (Å²) in [5.74, 6) is 0.958. The summed E-state index contributed by atoms with van der Waals surface area (Å²) in [7, 11) is 1.90. The minimum Gasteiger partial charge on any atom is -0.444 e. The van der Waals surface area contributed by atoms with Crippen molar-refractivity contribution in [2.75, 3.05) is 18.4 Å². The summed E-state index contributed by atoms with van der Waals surface area (Å²) in [6.07, 6.45) is 1.51. The average Bonchev–Trinajstić information content (AvgIpc) is 3.02. The van der Waals surface area contributed by atoms with Gasteiger partial charge in [-0.05, 0) is 27.7 Å². The quantitative estimate of drug-likeness (QED) is 0.915. The van der Waals surface area contributed by atoms with Crippen LogP contribution in [-0.2, 0) is 18.3 Å². The normalized spacial score (nSPS) is 15.2. The van der Waals surface area contributed by atoms with Gasteiger partial charge >= 0.3 is 6.09 Å². The molecule has 0 radical (unpaired) electrons. The van der Waals surface area contributed by atoms with Gasteiger partial charge in [0.25, 0.3) is 0 Å². The van der Waals surface area contributed by atoms with Crippen LogP contribution >= 0.6 is 0 Å². The van der Waals surface area contributed by atoms with E-state index >= 15 is 0 Å². The Bertz CT molecular complexity index is 753. The second-order valence-electron chi connectivity index (χ2n) is 7.42. The smallest absolute Gasteiger partial charge is 0.410 e. The zero-order valence-electron chi connectivity index (χ0n) is 15.4. The lowest BCUT2D eigenvalue weighted by Crippen LogP contribution is -2.50. The van der Waals surface area contributed by atoms with Gasteiger partial charge in [-0.25, -0.2) is 4.79 Å². The molecular weight excluding hydrogens is 322 g/mol. The van der Waals surface area contributed by atoms with Gasteiger partial charge in [0.1, 0.15) is 5.60 Å². The van der Waals surface area contributed by atoms with Crippen LogP contribution in [0.1, 0.15) is 43.8 Å². The van der Waals surface area contributed by atoms with Crippen molar-refractivity contribution in [3.05, 3.63) is 29.4 Å². The standard InChI is InChI=1S/C17H25N5O3/c1-11-15(8-19-21(11)5)18-7-13-6-14(20-25-13)12-9-22(10-12)16(23)24-17(2,3)4/h6,8,12,18H,7,9-10H2,1-5H3. The molecular formula is C17H25N5O3. The predicted octanol–water partition coefficient (Wildman–Crippen LogP) is 2.66. The summed E-state index contributed by atoms with van der Waals surface area (Å²) in [5, 5.41) is 11.6. The minimum atomic E-state index is -0.473. The molecule has 1 amide bonds. The number of nitrogens with zero attached hydrogens (tertiary/aromatic N) is 4. The number of hydrogen-bond acceptors (Lipinski definition) is 6. The van der Waals surface area contributed by atoms with Gasteiger partial charge in [-0.3, -0.25) is 4.68 Å². The lowest BCUT2D eigenvalue weighted by Gasteiger charge is -2.38. The first kappa shape index (κ1) is 17.3. The van der Waals surface area contributed by atoms with Crippen molar-refractivity contribution < 1.29 is 14.1 Å². The van der Waals surface area contributed by atoms with E-state index in [2.05, 4.69) is 15.6 Å². The molecule has 1 aliphatic heterocycles. The number of aryl methyl sites for hydroxylation is 1. The summed E-state index contributed by atoms with van der Waals surface area (Å²) in [5.41, 5.74) is 2.44. The zero-order chi connectivity index (χ0) is 18.2. The van der Waals surface area contributed by atoms with Crippen molar-refractivity contribution in [2.45, 2.75) is 45.8 Å². The van der Waals surface area contributed by atoms with E-state index in [1.165, 1.54) is 0 Å². The molecule has 2 aromatic heterocycles. The predicted molar refractivity (Wildman–Crippen MR) is 92.3 cm³/mol. The largest absolute Gasteiger partial charge is 0.444 e. The van der Waals surface area contributed by atoms with E-state index in [9.17, 15) is 4.79 Å². The van der Waals surface area contributed by atoms with Gasteiger partial charge < -0.3 is 19.5 Å². The summed E-state index contributed by atoms with van der Waals surface area (Å²) < 4.78 is 12.6. The Hall–Kier alpha value is -2.51. The Morgan fingerprint density at radius 3 is 2.76 bits per heavy atom. The van der Waals surface area contributed by atoms with Crippen molar-refractivity contribution in [1.82, 2.24) is 19.8 Å². The van der Waals surface area contributed by atoms with Gasteiger partial charge in [-0.2, -0.15) is 5.10 Å². The highest BCUT2D eigenvalue weighted by atomic mass is 16.6. The van der Waals surface area contributed by atoms with Crippen molar-refractivity contribution >= 4 is 11.8 Å². The van der Waals surface area contributed by atoms with Gasteiger partial charge in [-0.15, -0.1) is 0 Å². The van der Waals surface area contributed by atoms with E-state index in [4.69, 9.17) is 9.26 Å². The van der Waals surface area contributed by atoms with Gasteiger partial charge in [-0.1, -0.05) is 5.16 Å². The molecule has 0 spiro atoms. The molecule has 1 saturated heterocycles. The van der Waals surface area contributed by atoms with E-state index in [0.29, 0.717) is 19.6 Å². The fraction of sp³-hybridized carbons (Fsp3) is 0.588. The second-order valence-corrected chi connectivity index (χ2v) is 7.42. The van der Waals surface area contributed by atoms with E-state index in [-0.39, 0.29) is 12.0 Å². The molecule has 0 aromatic carbocycles. The second kappa shape index (κ2) is 6.42. The highest BCUT2D eigenvalue weighted by molar-refractivity contribution is 5.69. The van der Waals surface area contributed by atoms with Crippen LogP contribution in [0.4, 0.5) is 10.5 Å². The summed E-state index contributed by atoms with van der Waals surface area (Å²) in [4.78, 5) is 13.6. The van der Waals surface area contributed by atoms with Crippen molar-refractivity contribution in [1.29, 1.82) is 0 Å². The van der Waals surface area contributed by atoms with Crippen LogP contribution in [0.5, 0.6) is 0 Å². The SMILES string of the molecule is Cc1c(NCc2cc(C3CN(C(=O)OC(C)(C)C)C3)no2)cnn1C. The maximum Gasteiger partial charge on any atom is 0.410 e. The Labute approximate surface area is 147 Å². The third-order valence-electron chi connectivity index (χ3n) is 4.22. The highest BCUT2D eigenvalue weighted by Crippen LogP contribution is 2.28. The molecule has 8 nitrogen and oxygen atoms in total. The van der Waals surface area contributed by atoms with Crippen LogP contribution < -0.4 is 5.32 Å². The molecule has 0 saturated carbocycles. The molecule has 0 bridgehead atoms. The number of amides is 1. The third kappa shape index (κ3) is 3.94. The molecule has 3 heterocycles. The Kier molecular flexibility index (Phi) is 4.45. The first-order chi connectivity index (χ1) is 11.7. The molecule has 0 atom stereocenters. The molecule has 25 heavy (non-hydrogen) atoms. The number of aromatic nitrogens is 3. The maximum absolute atomic E-state index is 12.0. The highest BCUT2D eigenvalue weighted by Gasteiger charge is 2.36. The fourth-order valence-corrected chi connectivity index (χ4v) is 2.60. The van der Waals surface area contributed by atoms with Crippen LogP contribution in [0.2, 0.25) is 0 Å². The lowest BCUT2D eigenvalue weighted by atomic mass is 9.97. The molecule has 2 aromatic rings. The number of hydrogen-bond donors (Lipinski definition) is 1. The molecule has 8 heteroatoms. The van der Waals surface area contributed by atoms with Crippen LogP contribution in [-0.4, -0.2) is 44.6 Å². The van der Waals surface area contributed by atoms with Gasteiger partial charge in [0.15, 0.2) is 5.76 Å². The number of likely N-dealkylation sites (tertiary alicyclic amines) is 1. The fourth-order valence-electron chi connectivity index (χ4n) is 2.60. The van der Waals surface area contributed by atoms with Crippen LogP contribution in [0.3, 0.4) is 0 Å². The number of ether oxygens (including phenoxy) is 1. The van der Waals surface area contributed by atoms with Crippen molar-refractivity contribution in [3.63, 3.8) is 0 Å². The molecule has 0 aliphatic carbocycles. The molecule has 1 fully saturated rings. The number of carbonyl (C=O) groups excluding carboxylic acids is 1. The molecule has 1 N–H and O–H groups in total. The van der Waals surface area contributed by atoms with Crippen molar-refractivity contribution in [2.24, 2.45) is 7.05 Å². The monoisotopic (exact) mass is 347 g/mol. The van der Waals surface area contributed by atoms with Gasteiger partial charge in [0, 0.05) is 32.1 Å². The first-order valence-electron chi connectivity index (χ1n) is 8.39. The molecule has 1 aliphatic rings. The Morgan fingerprint density at radius 2 is 2.16 bits per heavy atom. The van der Waals surface area contributed by atoms with Crippen LogP contribution in [0.25, 0.3) is 0 Å². The third-order valence-corrected chi connectivity index (χ3v) is 4.22. The summed E-state index contributed by atoms with van der Waals surface area (Å²) in [6.45, 7) is 9.35. The van der Waals surface area contributed by atoms with Crippen LogP contribution in [0.15, 0.2) is 16.8 Å². The molecule has 3 rings (SSSR count). The van der Waals surface area contributed by atoms with Crippen molar-refractivity contribution in [3.8, 4) is 0 Å². The van der Waals surface area contributed by atoms with E-state index in [1.54, 1.807) is 11.1 Å². The number of anilines is 1. The zero-order valence-corrected chi connectivity index (χ0v) is 15.4. The van der Waals surface area contributed by atoms with E-state index < -0.39 is 5.60 Å². The topological polar surface area (TPSA) is 85.4 Å². The molecule has 136 valence electrons. The van der Waals surface area contributed by atoms with Crippen LogP contribution in [0, 0.1) is 6.92 Å². The van der Waals surface area contributed by atoms with Gasteiger partial charge in [0.05, 0.1) is 29.8 Å².